The molecule has 1 aromatic rings. The summed E-state index contributed by atoms with van der Waals surface area (Å²) in [5, 5.41) is 3.06. The maximum absolute atomic E-state index is 12.3. The number of amides is 1. The molecule has 0 spiro atoms. The van der Waals surface area contributed by atoms with Crippen molar-refractivity contribution < 1.29 is 14.3 Å². The Morgan fingerprint density at radius 3 is 2.62 bits per heavy atom. The number of carbonyl (C=O) groups excluding carboxylic acids is 1. The lowest BCUT2D eigenvalue weighted by Gasteiger charge is -2.21. The summed E-state index contributed by atoms with van der Waals surface area (Å²) >= 11 is 0. The summed E-state index contributed by atoms with van der Waals surface area (Å²) < 4.78 is 11.2. The second-order valence-electron chi connectivity index (χ2n) is 5.93. The van der Waals surface area contributed by atoms with E-state index in [0.29, 0.717) is 30.4 Å². The van der Waals surface area contributed by atoms with E-state index in [-0.39, 0.29) is 5.91 Å². The largest absolute Gasteiger partial charge is 0.490 e. The molecule has 0 unspecified atom stereocenters. The average Bonchev–Trinajstić information content (AvgIpc) is 2.78. The zero-order chi connectivity index (χ0) is 14.5. The number of rotatable bonds is 3. The van der Waals surface area contributed by atoms with Crippen LogP contribution in [0.15, 0.2) is 18.2 Å². The van der Waals surface area contributed by atoms with Crippen molar-refractivity contribution in [3.05, 3.63) is 23.8 Å². The molecule has 1 saturated carbocycles. The fourth-order valence-corrected chi connectivity index (χ4v) is 3.03. The summed E-state index contributed by atoms with van der Waals surface area (Å²) in [7, 11) is 0. The van der Waals surface area contributed by atoms with Gasteiger partial charge in [0.1, 0.15) is 0 Å². The normalized spacial score (nSPS) is 18.9. The van der Waals surface area contributed by atoms with Crippen molar-refractivity contribution in [2.24, 2.45) is 5.92 Å². The SMILES string of the molecule is O=C(NCC1CCCCC1)c1ccc2c(c1)OCCCO2. The van der Waals surface area contributed by atoms with Crippen LogP contribution in [0, 0.1) is 5.92 Å². The zero-order valence-electron chi connectivity index (χ0n) is 12.4. The fraction of sp³-hybridized carbons (Fsp3) is 0.588. The van der Waals surface area contributed by atoms with Crippen molar-refractivity contribution in [2.45, 2.75) is 38.5 Å². The van der Waals surface area contributed by atoms with Gasteiger partial charge in [0.2, 0.25) is 0 Å². The molecule has 114 valence electrons. The van der Waals surface area contributed by atoms with Gasteiger partial charge in [0.05, 0.1) is 13.2 Å². The van der Waals surface area contributed by atoms with Crippen LogP contribution in [0.3, 0.4) is 0 Å². The summed E-state index contributed by atoms with van der Waals surface area (Å²) in [6.07, 6.45) is 7.28. The van der Waals surface area contributed by atoms with Gasteiger partial charge in [-0.2, -0.15) is 0 Å². The molecule has 1 fully saturated rings. The number of carbonyl (C=O) groups is 1. The van der Waals surface area contributed by atoms with E-state index >= 15 is 0 Å². The molecular formula is C17H23NO3. The number of nitrogens with one attached hydrogen (secondary N) is 1. The Balaban J connectivity index is 1.60. The standard InChI is InChI=1S/C17H23NO3/c19-17(18-12-13-5-2-1-3-6-13)14-7-8-15-16(11-14)21-10-4-9-20-15/h7-8,11,13H,1-6,9-10,12H2,(H,18,19). The topological polar surface area (TPSA) is 47.6 Å². The molecule has 3 rings (SSSR count). The molecule has 0 bridgehead atoms. The lowest BCUT2D eigenvalue weighted by atomic mass is 9.89. The van der Waals surface area contributed by atoms with Gasteiger partial charge >= 0.3 is 0 Å². The molecule has 4 nitrogen and oxygen atoms in total. The van der Waals surface area contributed by atoms with E-state index in [0.717, 1.165) is 18.7 Å². The Labute approximate surface area is 125 Å². The minimum atomic E-state index is -0.0174. The lowest BCUT2D eigenvalue weighted by molar-refractivity contribution is 0.0943. The van der Waals surface area contributed by atoms with Gasteiger partial charge in [-0.3, -0.25) is 4.79 Å². The van der Waals surface area contributed by atoms with Gasteiger partial charge in [0, 0.05) is 18.5 Å². The Morgan fingerprint density at radius 1 is 1.05 bits per heavy atom. The highest BCUT2D eigenvalue weighted by molar-refractivity contribution is 5.94. The van der Waals surface area contributed by atoms with Crippen LogP contribution >= 0.6 is 0 Å². The summed E-state index contributed by atoms with van der Waals surface area (Å²) in [4.78, 5) is 12.3. The van der Waals surface area contributed by atoms with Crippen molar-refractivity contribution in [3.63, 3.8) is 0 Å². The van der Waals surface area contributed by atoms with Crippen molar-refractivity contribution in [1.29, 1.82) is 0 Å². The van der Waals surface area contributed by atoms with Crippen molar-refractivity contribution in [1.82, 2.24) is 5.32 Å². The van der Waals surface area contributed by atoms with Crippen molar-refractivity contribution in [2.75, 3.05) is 19.8 Å². The molecule has 1 N–H and O–H groups in total. The van der Waals surface area contributed by atoms with Gasteiger partial charge in [-0.05, 0) is 37.0 Å². The number of hydrogen-bond acceptors (Lipinski definition) is 3. The van der Waals surface area contributed by atoms with Crippen LogP contribution in [0.5, 0.6) is 11.5 Å². The van der Waals surface area contributed by atoms with E-state index < -0.39 is 0 Å². The molecular weight excluding hydrogens is 266 g/mol. The van der Waals surface area contributed by atoms with E-state index in [2.05, 4.69) is 5.32 Å². The number of hydrogen-bond donors (Lipinski definition) is 1. The molecule has 1 heterocycles. The van der Waals surface area contributed by atoms with Gasteiger partial charge in [0.15, 0.2) is 11.5 Å². The lowest BCUT2D eigenvalue weighted by Crippen LogP contribution is -2.30. The van der Waals surface area contributed by atoms with E-state index in [9.17, 15) is 4.79 Å². The average molecular weight is 289 g/mol. The van der Waals surface area contributed by atoms with Crippen LogP contribution in [-0.2, 0) is 0 Å². The molecule has 0 saturated heterocycles. The predicted molar refractivity (Wildman–Crippen MR) is 81.0 cm³/mol. The minimum Gasteiger partial charge on any atom is -0.490 e. The molecule has 1 amide bonds. The fourth-order valence-electron chi connectivity index (χ4n) is 3.03. The Hall–Kier alpha value is -1.71. The number of ether oxygens (including phenoxy) is 2. The maximum Gasteiger partial charge on any atom is 0.251 e. The van der Waals surface area contributed by atoms with E-state index in [1.54, 1.807) is 6.07 Å². The van der Waals surface area contributed by atoms with Crippen LogP contribution in [0.1, 0.15) is 48.9 Å². The summed E-state index contributed by atoms with van der Waals surface area (Å²) in [5.41, 5.74) is 0.648. The predicted octanol–water partition coefficient (Wildman–Crippen LogP) is 3.16. The summed E-state index contributed by atoms with van der Waals surface area (Å²) in [5.74, 6) is 2.04. The highest BCUT2D eigenvalue weighted by Gasteiger charge is 2.17. The van der Waals surface area contributed by atoms with Gasteiger partial charge in [-0.1, -0.05) is 19.3 Å². The second kappa shape index (κ2) is 6.83. The molecule has 0 aromatic heterocycles. The second-order valence-corrected chi connectivity index (χ2v) is 5.93. The van der Waals surface area contributed by atoms with E-state index in [4.69, 9.17) is 9.47 Å². The monoisotopic (exact) mass is 289 g/mol. The quantitative estimate of drug-likeness (QED) is 0.930. The smallest absolute Gasteiger partial charge is 0.251 e. The molecule has 21 heavy (non-hydrogen) atoms. The minimum absolute atomic E-state index is 0.0174. The van der Waals surface area contributed by atoms with Crippen LogP contribution in [0.4, 0.5) is 0 Å². The first-order valence-electron chi connectivity index (χ1n) is 8.01. The van der Waals surface area contributed by atoms with Crippen LogP contribution in [0.2, 0.25) is 0 Å². The van der Waals surface area contributed by atoms with Gasteiger partial charge in [0.25, 0.3) is 5.91 Å². The van der Waals surface area contributed by atoms with Crippen LogP contribution in [-0.4, -0.2) is 25.7 Å². The molecule has 2 aliphatic rings. The Morgan fingerprint density at radius 2 is 1.81 bits per heavy atom. The van der Waals surface area contributed by atoms with Gasteiger partial charge in [-0.15, -0.1) is 0 Å². The molecule has 1 aliphatic heterocycles. The van der Waals surface area contributed by atoms with Crippen molar-refractivity contribution in [3.8, 4) is 11.5 Å². The summed E-state index contributed by atoms with van der Waals surface area (Å²) in [6, 6.07) is 5.43. The zero-order valence-corrected chi connectivity index (χ0v) is 12.4. The third-order valence-electron chi connectivity index (χ3n) is 4.29. The van der Waals surface area contributed by atoms with E-state index in [1.165, 1.54) is 32.1 Å². The number of fused-ring (bicyclic) bond motifs is 1. The first-order chi connectivity index (χ1) is 10.3. The first-order valence-corrected chi connectivity index (χ1v) is 8.01. The van der Waals surface area contributed by atoms with E-state index in [1.807, 2.05) is 12.1 Å². The highest BCUT2D eigenvalue weighted by atomic mass is 16.5. The first kappa shape index (κ1) is 14.2. The molecule has 4 heteroatoms. The Kier molecular flexibility index (Phi) is 4.63. The van der Waals surface area contributed by atoms with Gasteiger partial charge in [-0.25, -0.2) is 0 Å². The molecule has 0 radical (unpaired) electrons. The Bertz CT molecular complexity index is 495. The molecule has 1 aromatic carbocycles. The molecule has 1 aliphatic carbocycles. The van der Waals surface area contributed by atoms with Gasteiger partial charge < -0.3 is 14.8 Å². The third-order valence-corrected chi connectivity index (χ3v) is 4.29. The molecule has 0 atom stereocenters. The van der Waals surface area contributed by atoms with Crippen molar-refractivity contribution >= 4 is 5.91 Å². The third kappa shape index (κ3) is 3.69. The van der Waals surface area contributed by atoms with Crippen LogP contribution in [0.25, 0.3) is 0 Å². The van der Waals surface area contributed by atoms with Crippen LogP contribution < -0.4 is 14.8 Å². The summed E-state index contributed by atoms with van der Waals surface area (Å²) in [6.45, 7) is 2.09. The number of benzene rings is 1. The highest BCUT2D eigenvalue weighted by Crippen LogP contribution is 2.30. The maximum atomic E-state index is 12.3.